The zero-order valence-corrected chi connectivity index (χ0v) is 13.0. The highest BCUT2D eigenvalue weighted by molar-refractivity contribution is 9.10. The maximum absolute atomic E-state index is 12.2. The highest BCUT2D eigenvalue weighted by Gasteiger charge is 2.29. The average molecular weight is 313 g/mol. The zero-order valence-electron chi connectivity index (χ0n) is 11.4. The zero-order chi connectivity index (χ0) is 13.9. The maximum Gasteiger partial charge on any atom is 0.240 e. The van der Waals surface area contributed by atoms with Crippen LogP contribution >= 0.6 is 15.9 Å². The van der Waals surface area contributed by atoms with Crippen molar-refractivity contribution in [3.8, 4) is 0 Å². The third kappa shape index (κ3) is 4.10. The van der Waals surface area contributed by atoms with Gasteiger partial charge in [0.25, 0.3) is 0 Å². The molecule has 0 aliphatic carbocycles. The van der Waals surface area contributed by atoms with Crippen LogP contribution in [0.2, 0.25) is 0 Å². The Hall–Kier alpha value is -0.870. The second kappa shape index (κ2) is 5.85. The number of hydrogen-bond acceptors (Lipinski definition) is 2. The summed E-state index contributed by atoms with van der Waals surface area (Å²) >= 11 is 3.39. The molecule has 0 unspecified atom stereocenters. The Morgan fingerprint density at radius 2 is 1.83 bits per heavy atom. The van der Waals surface area contributed by atoms with Crippen molar-refractivity contribution in [3.05, 3.63) is 34.3 Å². The maximum atomic E-state index is 12.2. The van der Waals surface area contributed by atoms with Gasteiger partial charge in [-0.1, -0.05) is 48.8 Å². The van der Waals surface area contributed by atoms with E-state index in [4.69, 9.17) is 5.73 Å². The molecule has 1 aromatic carbocycles. The van der Waals surface area contributed by atoms with E-state index in [1.54, 1.807) is 11.9 Å². The van der Waals surface area contributed by atoms with Crippen molar-refractivity contribution in [1.82, 2.24) is 4.90 Å². The number of likely N-dealkylation sites (N-methyl/N-ethyl adjacent to an activating group) is 1. The third-order valence-corrected chi connectivity index (χ3v) is 3.44. The van der Waals surface area contributed by atoms with Crippen molar-refractivity contribution < 1.29 is 4.79 Å². The fourth-order valence-electron chi connectivity index (χ4n) is 1.55. The predicted molar refractivity (Wildman–Crippen MR) is 78.0 cm³/mol. The number of nitrogens with zero attached hydrogens (tertiary/aromatic N) is 1. The number of nitrogens with two attached hydrogens (primary N) is 1. The first-order valence-electron chi connectivity index (χ1n) is 5.97. The van der Waals surface area contributed by atoms with Gasteiger partial charge in [-0.3, -0.25) is 4.79 Å². The third-order valence-electron chi connectivity index (χ3n) is 2.91. The van der Waals surface area contributed by atoms with Crippen LogP contribution in [0.5, 0.6) is 0 Å². The molecule has 0 aliphatic heterocycles. The van der Waals surface area contributed by atoms with E-state index in [0.29, 0.717) is 6.54 Å². The summed E-state index contributed by atoms with van der Waals surface area (Å²) in [5, 5.41) is 0. The van der Waals surface area contributed by atoms with Gasteiger partial charge in [0, 0.05) is 18.1 Å². The average Bonchev–Trinajstić information content (AvgIpc) is 2.29. The van der Waals surface area contributed by atoms with Gasteiger partial charge < -0.3 is 10.6 Å². The molecule has 1 atom stereocenters. The topological polar surface area (TPSA) is 46.3 Å². The Balaban J connectivity index is 2.68. The van der Waals surface area contributed by atoms with Gasteiger partial charge in [-0.15, -0.1) is 0 Å². The lowest BCUT2D eigenvalue weighted by Crippen LogP contribution is -2.48. The van der Waals surface area contributed by atoms with Crippen LogP contribution in [0.15, 0.2) is 28.7 Å². The van der Waals surface area contributed by atoms with Crippen molar-refractivity contribution in [2.75, 3.05) is 7.05 Å². The molecule has 1 amide bonds. The first-order valence-corrected chi connectivity index (χ1v) is 6.76. The van der Waals surface area contributed by atoms with Crippen LogP contribution in [0, 0.1) is 5.41 Å². The van der Waals surface area contributed by atoms with Crippen LogP contribution < -0.4 is 5.73 Å². The smallest absolute Gasteiger partial charge is 0.240 e. The fraction of sp³-hybridized carbons (Fsp3) is 0.500. The van der Waals surface area contributed by atoms with Crippen molar-refractivity contribution in [2.24, 2.45) is 11.1 Å². The number of rotatable bonds is 3. The molecule has 1 rings (SSSR count). The number of carbonyl (C=O) groups excluding carboxylic acids is 1. The van der Waals surface area contributed by atoms with Gasteiger partial charge in [0.2, 0.25) is 5.91 Å². The van der Waals surface area contributed by atoms with Gasteiger partial charge in [0.15, 0.2) is 0 Å². The van der Waals surface area contributed by atoms with E-state index in [-0.39, 0.29) is 11.3 Å². The van der Waals surface area contributed by atoms with E-state index in [2.05, 4.69) is 15.9 Å². The van der Waals surface area contributed by atoms with Crippen molar-refractivity contribution >= 4 is 21.8 Å². The fourth-order valence-corrected chi connectivity index (χ4v) is 1.81. The largest absolute Gasteiger partial charge is 0.340 e. The van der Waals surface area contributed by atoms with Gasteiger partial charge in [0.05, 0.1) is 6.04 Å². The second-order valence-electron chi connectivity index (χ2n) is 5.66. The number of carbonyl (C=O) groups is 1. The van der Waals surface area contributed by atoms with Gasteiger partial charge in [-0.2, -0.15) is 0 Å². The Bertz CT molecular complexity index is 409. The van der Waals surface area contributed by atoms with E-state index < -0.39 is 6.04 Å². The lowest BCUT2D eigenvalue weighted by atomic mass is 9.86. The lowest BCUT2D eigenvalue weighted by Gasteiger charge is -2.30. The summed E-state index contributed by atoms with van der Waals surface area (Å²) in [7, 11) is 1.79. The molecule has 0 fully saturated rings. The molecule has 0 spiro atoms. The Labute approximate surface area is 117 Å². The van der Waals surface area contributed by atoms with Crippen LogP contribution in [0.3, 0.4) is 0 Å². The Kier molecular flexibility index (Phi) is 4.93. The van der Waals surface area contributed by atoms with E-state index >= 15 is 0 Å². The molecule has 0 aromatic heterocycles. The molecule has 0 heterocycles. The summed E-state index contributed by atoms with van der Waals surface area (Å²) in [5.74, 6) is -0.0228. The molecular weight excluding hydrogens is 292 g/mol. The minimum absolute atomic E-state index is 0.0228. The monoisotopic (exact) mass is 312 g/mol. The van der Waals surface area contributed by atoms with Crippen LogP contribution in [0.4, 0.5) is 0 Å². The van der Waals surface area contributed by atoms with Gasteiger partial charge in [-0.25, -0.2) is 0 Å². The number of amides is 1. The number of halogens is 1. The summed E-state index contributed by atoms with van der Waals surface area (Å²) in [6, 6.07) is 7.46. The first-order chi connectivity index (χ1) is 8.21. The molecule has 0 aliphatic rings. The van der Waals surface area contributed by atoms with E-state index in [0.717, 1.165) is 10.0 Å². The van der Waals surface area contributed by atoms with Gasteiger partial charge >= 0.3 is 0 Å². The highest BCUT2D eigenvalue weighted by atomic mass is 79.9. The van der Waals surface area contributed by atoms with E-state index in [1.807, 2.05) is 45.0 Å². The van der Waals surface area contributed by atoms with Gasteiger partial charge in [0.1, 0.15) is 0 Å². The lowest BCUT2D eigenvalue weighted by molar-refractivity contribution is -0.134. The van der Waals surface area contributed by atoms with E-state index in [9.17, 15) is 4.79 Å². The predicted octanol–water partition coefficient (Wildman–Crippen LogP) is 2.78. The molecule has 0 saturated carbocycles. The van der Waals surface area contributed by atoms with Gasteiger partial charge in [-0.05, 0) is 23.1 Å². The molecule has 1 aromatic rings. The molecule has 2 N–H and O–H groups in total. The summed E-state index contributed by atoms with van der Waals surface area (Å²) in [6.45, 7) is 6.50. The summed E-state index contributed by atoms with van der Waals surface area (Å²) < 4.78 is 1.03. The molecule has 18 heavy (non-hydrogen) atoms. The number of benzene rings is 1. The highest BCUT2D eigenvalue weighted by Crippen LogP contribution is 2.19. The van der Waals surface area contributed by atoms with Crippen molar-refractivity contribution in [1.29, 1.82) is 0 Å². The van der Waals surface area contributed by atoms with Crippen LogP contribution in [-0.4, -0.2) is 23.9 Å². The molecule has 100 valence electrons. The number of hydrogen-bond donors (Lipinski definition) is 1. The van der Waals surface area contributed by atoms with Crippen LogP contribution in [0.25, 0.3) is 0 Å². The first kappa shape index (κ1) is 15.2. The Morgan fingerprint density at radius 1 is 1.33 bits per heavy atom. The standard InChI is InChI=1S/C14H21BrN2O/c1-14(2,3)12(16)13(18)17(4)9-10-5-7-11(15)8-6-10/h5-8,12H,9,16H2,1-4H3/t12-/m0/s1. The van der Waals surface area contributed by atoms with Crippen molar-refractivity contribution in [3.63, 3.8) is 0 Å². The molecule has 0 bridgehead atoms. The summed E-state index contributed by atoms with van der Waals surface area (Å²) in [5.41, 5.74) is 6.85. The quantitative estimate of drug-likeness (QED) is 0.933. The SMILES string of the molecule is CN(Cc1ccc(Br)cc1)C(=O)[C@H](N)C(C)(C)C. The molecule has 0 radical (unpaired) electrons. The second-order valence-corrected chi connectivity index (χ2v) is 6.58. The summed E-state index contributed by atoms with van der Waals surface area (Å²) in [6.07, 6.45) is 0. The normalized spacial score (nSPS) is 13.2. The Morgan fingerprint density at radius 3 is 2.28 bits per heavy atom. The minimum Gasteiger partial charge on any atom is -0.340 e. The van der Waals surface area contributed by atoms with Crippen molar-refractivity contribution in [2.45, 2.75) is 33.4 Å². The molecular formula is C14H21BrN2O. The molecule has 0 saturated heterocycles. The van der Waals surface area contributed by atoms with Crippen LogP contribution in [0.1, 0.15) is 26.3 Å². The molecule has 3 nitrogen and oxygen atoms in total. The summed E-state index contributed by atoms with van der Waals surface area (Å²) in [4.78, 5) is 13.8. The molecule has 4 heteroatoms. The van der Waals surface area contributed by atoms with E-state index in [1.165, 1.54) is 0 Å². The minimum atomic E-state index is -0.474. The van der Waals surface area contributed by atoms with Crippen LogP contribution in [-0.2, 0) is 11.3 Å².